The second-order valence-corrected chi connectivity index (χ2v) is 4.32. The summed E-state index contributed by atoms with van der Waals surface area (Å²) in [6.45, 7) is 0. The van der Waals surface area contributed by atoms with Gasteiger partial charge in [0, 0.05) is 5.22 Å². The quantitative estimate of drug-likeness (QED) is 0.781. The first-order valence-corrected chi connectivity index (χ1v) is 5.98. The van der Waals surface area contributed by atoms with Gasteiger partial charge in [-0.25, -0.2) is 0 Å². The van der Waals surface area contributed by atoms with Crippen LogP contribution in [0.4, 0.5) is 0 Å². The van der Waals surface area contributed by atoms with Crippen molar-refractivity contribution in [3.05, 3.63) is 70.7 Å². The number of benzene rings is 2. The van der Waals surface area contributed by atoms with Crippen LogP contribution in [0.5, 0.6) is 0 Å². The Morgan fingerprint density at radius 3 is 2.50 bits per heavy atom. The van der Waals surface area contributed by atoms with Crippen LogP contribution in [0.25, 0.3) is 5.57 Å². The highest BCUT2D eigenvalue weighted by Gasteiger charge is 2.20. The zero-order chi connectivity index (χ0) is 12.4. The average Bonchev–Trinajstić information content (AvgIpc) is 2.80. The Morgan fingerprint density at radius 1 is 1.00 bits per heavy atom. The molecule has 2 aromatic rings. The van der Waals surface area contributed by atoms with Gasteiger partial charge in [-0.2, -0.15) is 5.26 Å². The second kappa shape index (κ2) is 4.46. The molecule has 0 amide bonds. The molecular formula is C16H12N2. The average molecular weight is 232 g/mol. The summed E-state index contributed by atoms with van der Waals surface area (Å²) in [5, 5.41) is 11.1. The van der Waals surface area contributed by atoms with E-state index in [2.05, 4.69) is 24.3 Å². The van der Waals surface area contributed by atoms with Gasteiger partial charge < -0.3 is 0 Å². The molecule has 0 N–H and O–H groups in total. The SMILES string of the molecule is N#CCC1=c2ccccc2=N[C@H]1c1ccccc1. The third-order valence-electron chi connectivity index (χ3n) is 3.23. The molecule has 1 atom stereocenters. The molecule has 0 bridgehead atoms. The molecule has 0 aliphatic carbocycles. The summed E-state index contributed by atoms with van der Waals surface area (Å²) in [6, 6.07) is 20.5. The molecule has 0 fully saturated rings. The van der Waals surface area contributed by atoms with Crippen molar-refractivity contribution in [3.63, 3.8) is 0 Å². The summed E-state index contributed by atoms with van der Waals surface area (Å²) in [7, 11) is 0. The largest absolute Gasteiger partial charge is 0.272 e. The molecule has 2 heteroatoms. The van der Waals surface area contributed by atoms with Crippen molar-refractivity contribution < 1.29 is 0 Å². The fraction of sp³-hybridized carbons (Fsp3) is 0.125. The van der Waals surface area contributed by atoms with E-state index in [4.69, 9.17) is 10.3 Å². The molecule has 0 saturated heterocycles. The molecule has 2 aromatic carbocycles. The van der Waals surface area contributed by atoms with E-state index in [-0.39, 0.29) is 6.04 Å². The first-order valence-electron chi connectivity index (χ1n) is 5.98. The second-order valence-electron chi connectivity index (χ2n) is 4.32. The van der Waals surface area contributed by atoms with Crippen LogP contribution in [0.3, 0.4) is 0 Å². The predicted molar refractivity (Wildman–Crippen MR) is 70.0 cm³/mol. The van der Waals surface area contributed by atoms with Gasteiger partial charge in [0.15, 0.2) is 0 Å². The topological polar surface area (TPSA) is 36.1 Å². The molecule has 1 heterocycles. The Hall–Kier alpha value is -2.40. The van der Waals surface area contributed by atoms with Crippen LogP contribution in [-0.2, 0) is 0 Å². The van der Waals surface area contributed by atoms with Crippen LogP contribution in [0, 0.1) is 11.3 Å². The summed E-state index contributed by atoms with van der Waals surface area (Å²) in [5.74, 6) is 0. The Labute approximate surface area is 106 Å². The molecule has 1 aliphatic heterocycles. The lowest BCUT2D eigenvalue weighted by Gasteiger charge is -2.10. The van der Waals surface area contributed by atoms with E-state index >= 15 is 0 Å². The first kappa shape index (κ1) is 10.7. The summed E-state index contributed by atoms with van der Waals surface area (Å²) in [6.07, 6.45) is 0.431. The number of nitriles is 1. The number of fused-ring (bicyclic) bond motifs is 1. The molecule has 18 heavy (non-hydrogen) atoms. The minimum absolute atomic E-state index is 0.00301. The highest BCUT2D eigenvalue weighted by Crippen LogP contribution is 2.29. The molecule has 86 valence electrons. The van der Waals surface area contributed by atoms with E-state index < -0.39 is 0 Å². The van der Waals surface area contributed by atoms with Crippen LogP contribution in [0.2, 0.25) is 0 Å². The monoisotopic (exact) mass is 232 g/mol. The highest BCUT2D eigenvalue weighted by molar-refractivity contribution is 5.58. The van der Waals surface area contributed by atoms with E-state index in [1.165, 1.54) is 0 Å². The van der Waals surface area contributed by atoms with Crippen LogP contribution in [-0.4, -0.2) is 0 Å². The normalized spacial score (nSPS) is 16.8. The number of hydrogen-bond donors (Lipinski definition) is 0. The van der Waals surface area contributed by atoms with Crippen molar-refractivity contribution in [1.29, 1.82) is 5.26 Å². The fourth-order valence-corrected chi connectivity index (χ4v) is 2.41. The van der Waals surface area contributed by atoms with Crippen molar-refractivity contribution in [2.45, 2.75) is 12.5 Å². The molecule has 0 saturated carbocycles. The lowest BCUT2D eigenvalue weighted by atomic mass is 9.97. The number of nitrogens with zero attached hydrogens (tertiary/aromatic N) is 2. The van der Waals surface area contributed by atoms with Gasteiger partial charge in [0.25, 0.3) is 0 Å². The molecule has 1 aliphatic rings. The first-order chi connectivity index (χ1) is 8.90. The minimum Gasteiger partial charge on any atom is -0.272 e. The van der Waals surface area contributed by atoms with Crippen molar-refractivity contribution in [3.8, 4) is 6.07 Å². The third-order valence-corrected chi connectivity index (χ3v) is 3.23. The maximum atomic E-state index is 9.00. The Morgan fingerprint density at radius 2 is 1.72 bits per heavy atom. The lowest BCUT2D eigenvalue weighted by molar-refractivity contribution is 0.901. The van der Waals surface area contributed by atoms with Crippen molar-refractivity contribution >= 4 is 5.57 Å². The summed E-state index contributed by atoms with van der Waals surface area (Å²) in [5.41, 5.74) is 2.26. The van der Waals surface area contributed by atoms with E-state index in [0.29, 0.717) is 6.42 Å². The third kappa shape index (κ3) is 1.70. The van der Waals surface area contributed by atoms with Gasteiger partial charge in [-0.15, -0.1) is 0 Å². The Bertz CT molecular complexity index is 724. The van der Waals surface area contributed by atoms with Crippen LogP contribution >= 0.6 is 0 Å². The maximum absolute atomic E-state index is 9.00. The van der Waals surface area contributed by atoms with Gasteiger partial charge in [-0.3, -0.25) is 4.99 Å². The lowest BCUT2D eigenvalue weighted by Crippen LogP contribution is -2.21. The predicted octanol–water partition coefficient (Wildman–Crippen LogP) is 2.13. The highest BCUT2D eigenvalue weighted by atomic mass is 14.8. The molecule has 0 unspecified atom stereocenters. The number of hydrogen-bond acceptors (Lipinski definition) is 2. The summed E-state index contributed by atoms with van der Waals surface area (Å²) < 4.78 is 0. The Kier molecular flexibility index (Phi) is 2.66. The van der Waals surface area contributed by atoms with Gasteiger partial charge >= 0.3 is 0 Å². The zero-order valence-electron chi connectivity index (χ0n) is 9.88. The molecule has 2 nitrogen and oxygen atoms in total. The van der Waals surface area contributed by atoms with Crippen LogP contribution in [0.1, 0.15) is 18.0 Å². The maximum Gasteiger partial charge on any atom is 0.0986 e. The minimum atomic E-state index is 0.00301. The van der Waals surface area contributed by atoms with E-state index in [9.17, 15) is 0 Å². The van der Waals surface area contributed by atoms with Gasteiger partial charge in [-0.05, 0) is 17.2 Å². The molecule has 0 spiro atoms. The summed E-state index contributed by atoms with van der Waals surface area (Å²) >= 11 is 0. The van der Waals surface area contributed by atoms with Gasteiger partial charge in [0.2, 0.25) is 0 Å². The van der Waals surface area contributed by atoms with E-state index in [1.807, 2.05) is 36.4 Å². The molecular weight excluding hydrogens is 220 g/mol. The smallest absolute Gasteiger partial charge is 0.0986 e. The summed E-state index contributed by atoms with van der Waals surface area (Å²) in [4.78, 5) is 4.73. The Balaban J connectivity index is 2.20. The molecule has 3 rings (SSSR count). The number of para-hydroxylation sites is 1. The number of rotatable bonds is 2. The van der Waals surface area contributed by atoms with Crippen molar-refractivity contribution in [1.82, 2.24) is 0 Å². The van der Waals surface area contributed by atoms with Crippen molar-refractivity contribution in [2.24, 2.45) is 4.99 Å². The standard InChI is InChI=1S/C16H12N2/c17-11-10-14-13-8-4-5-9-15(13)18-16(14)12-6-2-1-3-7-12/h1-9,16H,10H2/t16-/m0/s1. The molecule has 0 aromatic heterocycles. The van der Waals surface area contributed by atoms with Crippen molar-refractivity contribution in [2.75, 3.05) is 0 Å². The van der Waals surface area contributed by atoms with Gasteiger partial charge in [0.05, 0.1) is 23.9 Å². The van der Waals surface area contributed by atoms with Crippen LogP contribution in [0.15, 0.2) is 59.6 Å². The van der Waals surface area contributed by atoms with Gasteiger partial charge in [0.1, 0.15) is 0 Å². The fourth-order valence-electron chi connectivity index (χ4n) is 2.41. The van der Waals surface area contributed by atoms with E-state index in [1.54, 1.807) is 0 Å². The van der Waals surface area contributed by atoms with E-state index in [0.717, 1.165) is 21.7 Å². The zero-order valence-corrected chi connectivity index (χ0v) is 9.88. The van der Waals surface area contributed by atoms with Gasteiger partial charge in [-0.1, -0.05) is 48.5 Å². The van der Waals surface area contributed by atoms with Crippen LogP contribution < -0.4 is 10.6 Å². The molecule has 0 radical (unpaired) electrons.